The van der Waals surface area contributed by atoms with Crippen molar-refractivity contribution in [3.05, 3.63) is 78.3 Å². The van der Waals surface area contributed by atoms with Crippen LogP contribution in [0.4, 0.5) is 5.69 Å². The fraction of sp³-hybridized carbons (Fsp3) is 0.292. The van der Waals surface area contributed by atoms with Gasteiger partial charge < -0.3 is 14.5 Å². The molecule has 0 fully saturated rings. The molecule has 1 amide bonds. The Kier molecular flexibility index (Phi) is 7.58. The number of anilines is 1. The molecule has 1 aromatic heterocycles. The highest BCUT2D eigenvalue weighted by Crippen LogP contribution is 2.24. The summed E-state index contributed by atoms with van der Waals surface area (Å²) in [6.07, 6.45) is 3.14. The van der Waals surface area contributed by atoms with Gasteiger partial charge in [0.05, 0.1) is 16.8 Å². The van der Waals surface area contributed by atoms with Crippen molar-refractivity contribution in [3.63, 3.8) is 0 Å². The third kappa shape index (κ3) is 6.13. The van der Waals surface area contributed by atoms with Crippen molar-refractivity contribution in [2.24, 2.45) is 0 Å². The summed E-state index contributed by atoms with van der Waals surface area (Å²) in [4.78, 5) is 12.4. The summed E-state index contributed by atoms with van der Waals surface area (Å²) in [5, 5.41) is 2.89. The number of furan rings is 1. The van der Waals surface area contributed by atoms with Crippen molar-refractivity contribution in [2.75, 3.05) is 18.0 Å². The highest BCUT2D eigenvalue weighted by molar-refractivity contribution is 7.92. The first-order chi connectivity index (χ1) is 15.3. The average Bonchev–Trinajstić information content (AvgIpc) is 3.30. The smallest absolute Gasteiger partial charge is 0.264 e. The van der Waals surface area contributed by atoms with Crippen LogP contribution in [0, 0.1) is 6.92 Å². The molecule has 0 saturated heterocycles. The van der Waals surface area contributed by atoms with Crippen LogP contribution in [0.5, 0.6) is 5.75 Å². The molecular formula is C24H28N2O5S. The van der Waals surface area contributed by atoms with E-state index in [1.54, 1.807) is 54.8 Å². The predicted octanol–water partition coefficient (Wildman–Crippen LogP) is 3.93. The Morgan fingerprint density at radius 2 is 1.78 bits per heavy atom. The normalized spacial score (nSPS) is 12.2. The third-order valence-electron chi connectivity index (χ3n) is 5.06. The molecule has 0 aliphatic rings. The summed E-state index contributed by atoms with van der Waals surface area (Å²) < 4.78 is 37.7. The lowest BCUT2D eigenvalue weighted by Gasteiger charge is -2.20. The lowest BCUT2D eigenvalue weighted by molar-refractivity contribution is -0.123. The minimum atomic E-state index is -3.66. The molecule has 7 nitrogen and oxygen atoms in total. The second-order valence-electron chi connectivity index (χ2n) is 7.65. The number of benzene rings is 2. The van der Waals surface area contributed by atoms with E-state index in [1.807, 2.05) is 26.0 Å². The number of sulfonamides is 1. The number of ether oxygens (including phenoxy) is 1. The van der Waals surface area contributed by atoms with Gasteiger partial charge in [-0.2, -0.15) is 0 Å². The highest BCUT2D eigenvalue weighted by atomic mass is 32.2. The van der Waals surface area contributed by atoms with Crippen molar-refractivity contribution in [3.8, 4) is 5.75 Å². The number of aryl methyl sites for hydroxylation is 2. The van der Waals surface area contributed by atoms with Gasteiger partial charge in [0.2, 0.25) is 0 Å². The van der Waals surface area contributed by atoms with Gasteiger partial charge in [-0.15, -0.1) is 0 Å². The van der Waals surface area contributed by atoms with E-state index in [2.05, 4.69) is 5.32 Å². The number of nitrogens with one attached hydrogen (secondary N) is 1. The first-order valence-electron chi connectivity index (χ1n) is 10.4. The Morgan fingerprint density at radius 3 is 2.41 bits per heavy atom. The SMILES string of the molecule is Cc1ccc(S(=O)(=O)N(C)c2ccc(OCC(=O)NC(C)CCc3ccco3)cc2)cc1. The van der Waals surface area contributed by atoms with Gasteiger partial charge in [0.1, 0.15) is 11.5 Å². The summed E-state index contributed by atoms with van der Waals surface area (Å²) in [6, 6.07) is 17.0. The number of nitrogens with zero attached hydrogens (tertiary/aromatic N) is 1. The Balaban J connectivity index is 1.50. The van der Waals surface area contributed by atoms with E-state index in [1.165, 1.54) is 11.4 Å². The van der Waals surface area contributed by atoms with Crippen molar-refractivity contribution in [1.82, 2.24) is 5.32 Å². The van der Waals surface area contributed by atoms with Gasteiger partial charge in [-0.05, 0) is 68.8 Å². The lowest BCUT2D eigenvalue weighted by Crippen LogP contribution is -2.36. The fourth-order valence-corrected chi connectivity index (χ4v) is 4.31. The average molecular weight is 457 g/mol. The Bertz CT molecular complexity index is 1110. The number of carbonyl (C=O) groups excluding carboxylic acids is 1. The van der Waals surface area contributed by atoms with Crippen LogP contribution in [0.3, 0.4) is 0 Å². The van der Waals surface area contributed by atoms with Gasteiger partial charge in [-0.25, -0.2) is 8.42 Å². The van der Waals surface area contributed by atoms with Gasteiger partial charge in [0.25, 0.3) is 15.9 Å². The molecule has 0 radical (unpaired) electrons. The molecule has 0 aliphatic heterocycles. The molecule has 0 aliphatic carbocycles. The van der Waals surface area contributed by atoms with Gasteiger partial charge in [-0.3, -0.25) is 9.10 Å². The topological polar surface area (TPSA) is 88.8 Å². The number of carbonyl (C=O) groups is 1. The summed E-state index contributed by atoms with van der Waals surface area (Å²) >= 11 is 0. The maximum atomic E-state index is 12.8. The highest BCUT2D eigenvalue weighted by Gasteiger charge is 2.21. The van der Waals surface area contributed by atoms with Crippen molar-refractivity contribution < 1.29 is 22.4 Å². The monoisotopic (exact) mass is 456 g/mol. The predicted molar refractivity (Wildman–Crippen MR) is 123 cm³/mol. The number of amides is 1. The molecule has 170 valence electrons. The van der Waals surface area contributed by atoms with E-state index in [0.717, 1.165) is 24.2 Å². The zero-order chi connectivity index (χ0) is 23.1. The lowest BCUT2D eigenvalue weighted by atomic mass is 10.1. The molecular weight excluding hydrogens is 428 g/mol. The first kappa shape index (κ1) is 23.4. The van der Waals surface area contributed by atoms with Crippen LogP contribution in [-0.2, 0) is 21.2 Å². The molecule has 32 heavy (non-hydrogen) atoms. The van der Waals surface area contributed by atoms with Crippen LogP contribution in [0.1, 0.15) is 24.7 Å². The maximum absolute atomic E-state index is 12.8. The molecule has 2 aromatic carbocycles. The summed E-state index contributed by atoms with van der Waals surface area (Å²) in [5.41, 5.74) is 1.48. The van der Waals surface area contributed by atoms with Crippen LogP contribution < -0.4 is 14.4 Å². The Hall–Kier alpha value is -3.26. The summed E-state index contributed by atoms with van der Waals surface area (Å²) in [6.45, 7) is 3.71. The maximum Gasteiger partial charge on any atom is 0.264 e. The van der Waals surface area contributed by atoms with Crippen LogP contribution >= 0.6 is 0 Å². The van der Waals surface area contributed by atoms with Crippen molar-refractivity contribution in [2.45, 2.75) is 37.6 Å². The molecule has 1 N–H and O–H groups in total. The standard InChI is InChI=1S/C24H28N2O5S/c1-18-6-14-23(15-7-18)32(28,29)26(3)20-9-12-22(13-10-20)31-17-24(27)25-19(2)8-11-21-5-4-16-30-21/h4-7,9-10,12-16,19H,8,11,17H2,1-3H3,(H,25,27). The Labute approximate surface area is 189 Å². The van der Waals surface area contributed by atoms with Gasteiger partial charge in [0.15, 0.2) is 6.61 Å². The zero-order valence-electron chi connectivity index (χ0n) is 18.4. The quantitative estimate of drug-likeness (QED) is 0.499. The largest absolute Gasteiger partial charge is 0.484 e. The molecule has 0 saturated carbocycles. The molecule has 0 bridgehead atoms. The van der Waals surface area contributed by atoms with Gasteiger partial charge in [-0.1, -0.05) is 17.7 Å². The number of rotatable bonds is 10. The van der Waals surface area contributed by atoms with E-state index in [4.69, 9.17) is 9.15 Å². The molecule has 8 heteroatoms. The molecule has 1 unspecified atom stereocenters. The molecule has 1 heterocycles. The van der Waals surface area contributed by atoms with Crippen LogP contribution in [0.15, 0.2) is 76.2 Å². The minimum Gasteiger partial charge on any atom is -0.484 e. The van der Waals surface area contributed by atoms with Gasteiger partial charge >= 0.3 is 0 Å². The van der Waals surface area contributed by atoms with Crippen molar-refractivity contribution >= 4 is 21.6 Å². The molecule has 3 rings (SSSR count). The second kappa shape index (κ2) is 10.4. The van der Waals surface area contributed by atoms with Crippen LogP contribution in [-0.4, -0.2) is 34.0 Å². The van der Waals surface area contributed by atoms with E-state index >= 15 is 0 Å². The zero-order valence-corrected chi connectivity index (χ0v) is 19.3. The van der Waals surface area contributed by atoms with E-state index < -0.39 is 10.0 Å². The Morgan fingerprint density at radius 1 is 1.09 bits per heavy atom. The van der Waals surface area contributed by atoms with E-state index in [0.29, 0.717) is 11.4 Å². The van der Waals surface area contributed by atoms with Crippen LogP contribution in [0.2, 0.25) is 0 Å². The molecule has 1 atom stereocenters. The number of hydrogen-bond acceptors (Lipinski definition) is 5. The summed E-state index contributed by atoms with van der Waals surface area (Å²) in [5.74, 6) is 1.14. The molecule has 0 spiro atoms. The van der Waals surface area contributed by atoms with Gasteiger partial charge in [0, 0.05) is 19.5 Å². The van der Waals surface area contributed by atoms with E-state index in [9.17, 15) is 13.2 Å². The molecule has 3 aromatic rings. The van der Waals surface area contributed by atoms with E-state index in [-0.39, 0.29) is 23.5 Å². The first-order valence-corrected chi connectivity index (χ1v) is 11.8. The fourth-order valence-electron chi connectivity index (χ4n) is 3.11. The second-order valence-corrected chi connectivity index (χ2v) is 9.62. The number of hydrogen-bond donors (Lipinski definition) is 1. The third-order valence-corrected chi connectivity index (χ3v) is 6.86. The van der Waals surface area contributed by atoms with Crippen molar-refractivity contribution in [1.29, 1.82) is 0 Å². The van der Waals surface area contributed by atoms with Crippen LogP contribution in [0.25, 0.3) is 0 Å². The summed E-state index contributed by atoms with van der Waals surface area (Å²) in [7, 11) is -2.16. The minimum absolute atomic E-state index is 0.0146.